The predicted octanol–water partition coefficient (Wildman–Crippen LogP) is 1.50. The fraction of sp³-hybridized carbons (Fsp3) is 0.300. The van der Waals surface area contributed by atoms with Crippen LogP contribution in [0.1, 0.15) is 18.2 Å². The van der Waals surface area contributed by atoms with Crippen LogP contribution in [0.25, 0.3) is 0 Å². The minimum Gasteiger partial charge on any atom is -0.311 e. The van der Waals surface area contributed by atoms with Gasteiger partial charge in [-0.25, -0.2) is 4.39 Å². The third-order valence-electron chi connectivity index (χ3n) is 1.78. The van der Waals surface area contributed by atoms with Gasteiger partial charge in [-0.15, -0.1) is 12.3 Å². The summed E-state index contributed by atoms with van der Waals surface area (Å²) in [5, 5.41) is 3.01. The summed E-state index contributed by atoms with van der Waals surface area (Å²) in [5.74, 6) is 2.20. The maximum atomic E-state index is 12.5. The Kier molecular flexibility index (Phi) is 3.41. The van der Waals surface area contributed by atoms with E-state index in [-0.39, 0.29) is 11.9 Å². The smallest absolute Gasteiger partial charge is 0.141 e. The summed E-state index contributed by atoms with van der Waals surface area (Å²) in [5.41, 5.74) is 0.766. The zero-order chi connectivity index (χ0) is 9.68. The van der Waals surface area contributed by atoms with Crippen molar-refractivity contribution >= 4 is 0 Å². The monoisotopic (exact) mass is 178 g/mol. The Balaban J connectivity index is 2.80. The Labute approximate surface area is 77.2 Å². The SMILES string of the molecule is C#CCC(NC)c1ccc(F)cn1. The van der Waals surface area contributed by atoms with E-state index in [0.29, 0.717) is 6.42 Å². The van der Waals surface area contributed by atoms with Crippen molar-refractivity contribution in [3.8, 4) is 12.3 Å². The first kappa shape index (κ1) is 9.69. The molecule has 1 atom stereocenters. The van der Waals surface area contributed by atoms with Crippen molar-refractivity contribution in [1.29, 1.82) is 0 Å². The number of terminal acetylenes is 1. The summed E-state index contributed by atoms with van der Waals surface area (Å²) in [6.07, 6.45) is 6.92. The van der Waals surface area contributed by atoms with E-state index in [0.717, 1.165) is 5.69 Å². The summed E-state index contributed by atoms with van der Waals surface area (Å²) in [6.45, 7) is 0. The van der Waals surface area contributed by atoms with Crippen molar-refractivity contribution in [2.45, 2.75) is 12.5 Å². The summed E-state index contributed by atoms with van der Waals surface area (Å²) < 4.78 is 12.5. The Bertz CT molecular complexity index is 300. The van der Waals surface area contributed by atoms with E-state index in [1.54, 1.807) is 13.1 Å². The second-order valence-corrected chi connectivity index (χ2v) is 2.65. The molecule has 1 unspecified atom stereocenters. The number of aromatic nitrogens is 1. The maximum absolute atomic E-state index is 12.5. The lowest BCUT2D eigenvalue weighted by molar-refractivity contribution is 0.579. The molecule has 0 aliphatic heterocycles. The van der Waals surface area contributed by atoms with Crippen LogP contribution in [-0.4, -0.2) is 12.0 Å². The van der Waals surface area contributed by atoms with E-state index in [9.17, 15) is 4.39 Å². The molecule has 0 amide bonds. The van der Waals surface area contributed by atoms with Crippen molar-refractivity contribution in [3.63, 3.8) is 0 Å². The van der Waals surface area contributed by atoms with Gasteiger partial charge in [0.25, 0.3) is 0 Å². The second kappa shape index (κ2) is 4.58. The van der Waals surface area contributed by atoms with Crippen LogP contribution in [-0.2, 0) is 0 Å². The highest BCUT2D eigenvalue weighted by Gasteiger charge is 2.08. The van der Waals surface area contributed by atoms with Crippen LogP contribution in [0.4, 0.5) is 4.39 Å². The third-order valence-corrected chi connectivity index (χ3v) is 1.78. The molecule has 0 radical (unpaired) electrons. The number of nitrogens with zero attached hydrogens (tertiary/aromatic N) is 1. The first-order chi connectivity index (χ1) is 6.27. The molecule has 13 heavy (non-hydrogen) atoms. The molecule has 1 aromatic heterocycles. The van der Waals surface area contributed by atoms with Crippen LogP contribution in [0, 0.1) is 18.2 Å². The van der Waals surface area contributed by atoms with E-state index in [1.165, 1.54) is 12.3 Å². The second-order valence-electron chi connectivity index (χ2n) is 2.65. The van der Waals surface area contributed by atoms with Gasteiger partial charge in [0.2, 0.25) is 0 Å². The molecule has 1 rings (SSSR count). The van der Waals surface area contributed by atoms with Gasteiger partial charge < -0.3 is 5.32 Å². The van der Waals surface area contributed by atoms with Gasteiger partial charge in [-0.2, -0.15) is 0 Å². The molecule has 0 aromatic carbocycles. The van der Waals surface area contributed by atoms with Crippen LogP contribution in [0.15, 0.2) is 18.3 Å². The van der Waals surface area contributed by atoms with Gasteiger partial charge in [0.15, 0.2) is 0 Å². The maximum Gasteiger partial charge on any atom is 0.141 e. The average molecular weight is 178 g/mol. The number of rotatable bonds is 3. The van der Waals surface area contributed by atoms with Crippen LogP contribution in [0.5, 0.6) is 0 Å². The Morgan fingerprint density at radius 3 is 2.92 bits per heavy atom. The molecule has 0 spiro atoms. The van der Waals surface area contributed by atoms with Crippen LogP contribution in [0.3, 0.4) is 0 Å². The van der Waals surface area contributed by atoms with Gasteiger partial charge in [0.1, 0.15) is 5.82 Å². The number of nitrogens with one attached hydrogen (secondary N) is 1. The van der Waals surface area contributed by atoms with Gasteiger partial charge >= 0.3 is 0 Å². The lowest BCUT2D eigenvalue weighted by Gasteiger charge is -2.11. The van der Waals surface area contributed by atoms with Gasteiger partial charge in [0.05, 0.1) is 17.9 Å². The number of halogens is 1. The highest BCUT2D eigenvalue weighted by molar-refractivity contribution is 5.11. The molecular formula is C10H11FN2. The summed E-state index contributed by atoms with van der Waals surface area (Å²) in [4.78, 5) is 3.94. The largest absolute Gasteiger partial charge is 0.311 e. The number of hydrogen-bond donors (Lipinski definition) is 1. The first-order valence-corrected chi connectivity index (χ1v) is 4.00. The quantitative estimate of drug-likeness (QED) is 0.709. The van der Waals surface area contributed by atoms with Crippen LogP contribution >= 0.6 is 0 Å². The van der Waals surface area contributed by atoms with Gasteiger partial charge in [-0.3, -0.25) is 4.98 Å². The minimum atomic E-state index is -0.334. The average Bonchev–Trinajstić information content (AvgIpc) is 2.16. The minimum absolute atomic E-state index is 0.00519. The lowest BCUT2D eigenvalue weighted by Crippen LogP contribution is -2.16. The third kappa shape index (κ3) is 2.53. The van der Waals surface area contributed by atoms with Crippen molar-refractivity contribution in [3.05, 3.63) is 29.8 Å². The summed E-state index contributed by atoms with van der Waals surface area (Å²) in [7, 11) is 1.80. The highest BCUT2D eigenvalue weighted by Crippen LogP contribution is 2.12. The Morgan fingerprint density at radius 2 is 2.46 bits per heavy atom. The van der Waals surface area contributed by atoms with Gasteiger partial charge in [-0.1, -0.05) is 0 Å². The molecule has 1 aromatic rings. The van der Waals surface area contributed by atoms with Crippen molar-refractivity contribution in [2.75, 3.05) is 7.05 Å². The molecule has 2 nitrogen and oxygen atoms in total. The molecule has 1 N–H and O–H groups in total. The molecule has 0 bridgehead atoms. The fourth-order valence-corrected chi connectivity index (χ4v) is 1.07. The molecular weight excluding hydrogens is 167 g/mol. The van der Waals surface area contributed by atoms with E-state index in [2.05, 4.69) is 16.2 Å². The molecule has 0 aliphatic rings. The van der Waals surface area contributed by atoms with Crippen molar-refractivity contribution in [1.82, 2.24) is 10.3 Å². The zero-order valence-corrected chi connectivity index (χ0v) is 7.42. The van der Waals surface area contributed by atoms with Crippen molar-refractivity contribution in [2.24, 2.45) is 0 Å². The molecule has 68 valence electrons. The summed E-state index contributed by atoms with van der Waals surface area (Å²) in [6, 6.07) is 3.02. The van der Waals surface area contributed by atoms with Crippen LogP contribution in [0.2, 0.25) is 0 Å². The predicted molar refractivity (Wildman–Crippen MR) is 49.4 cm³/mol. The lowest BCUT2D eigenvalue weighted by atomic mass is 10.1. The summed E-state index contributed by atoms with van der Waals surface area (Å²) >= 11 is 0. The molecule has 0 saturated carbocycles. The molecule has 1 heterocycles. The fourth-order valence-electron chi connectivity index (χ4n) is 1.07. The topological polar surface area (TPSA) is 24.9 Å². The normalized spacial score (nSPS) is 12.1. The van der Waals surface area contributed by atoms with E-state index >= 15 is 0 Å². The van der Waals surface area contributed by atoms with Gasteiger partial charge in [0, 0.05) is 6.42 Å². The standard InChI is InChI=1S/C10H11FN2/c1-3-4-9(12-2)10-6-5-8(11)7-13-10/h1,5-7,9,12H,4H2,2H3. The number of pyridine rings is 1. The van der Waals surface area contributed by atoms with E-state index in [4.69, 9.17) is 6.42 Å². The zero-order valence-electron chi connectivity index (χ0n) is 7.42. The molecule has 0 fully saturated rings. The van der Waals surface area contributed by atoms with Gasteiger partial charge in [-0.05, 0) is 19.2 Å². The Hall–Kier alpha value is -1.40. The molecule has 0 aliphatic carbocycles. The van der Waals surface area contributed by atoms with Crippen molar-refractivity contribution < 1.29 is 4.39 Å². The number of hydrogen-bond acceptors (Lipinski definition) is 2. The van der Waals surface area contributed by atoms with Crippen LogP contribution < -0.4 is 5.32 Å². The molecule has 0 saturated heterocycles. The van der Waals surface area contributed by atoms with E-state index < -0.39 is 0 Å². The first-order valence-electron chi connectivity index (χ1n) is 4.00. The Morgan fingerprint density at radius 1 is 1.69 bits per heavy atom. The highest BCUT2D eigenvalue weighted by atomic mass is 19.1. The van der Waals surface area contributed by atoms with E-state index in [1.807, 2.05) is 0 Å². The molecule has 3 heteroatoms.